The Morgan fingerprint density at radius 1 is 1.30 bits per heavy atom. The summed E-state index contributed by atoms with van der Waals surface area (Å²) in [6.45, 7) is 5.70. The van der Waals surface area contributed by atoms with Gasteiger partial charge in [-0.05, 0) is 51.4 Å². The van der Waals surface area contributed by atoms with E-state index in [0.29, 0.717) is 31.1 Å². The van der Waals surface area contributed by atoms with Crippen LogP contribution in [0.1, 0.15) is 59.3 Å². The molecule has 2 aliphatic heterocycles. The van der Waals surface area contributed by atoms with Crippen LogP contribution in [-0.4, -0.2) is 23.6 Å². The van der Waals surface area contributed by atoms with Gasteiger partial charge in [-0.15, -0.1) is 0 Å². The molecule has 4 bridgehead atoms. The van der Waals surface area contributed by atoms with E-state index in [2.05, 4.69) is 0 Å². The van der Waals surface area contributed by atoms with Crippen molar-refractivity contribution in [1.82, 2.24) is 0 Å². The van der Waals surface area contributed by atoms with E-state index in [-0.39, 0.29) is 18.0 Å². The van der Waals surface area contributed by atoms with E-state index in [1.165, 1.54) is 0 Å². The van der Waals surface area contributed by atoms with Crippen molar-refractivity contribution in [2.75, 3.05) is 0 Å². The molecule has 20 heavy (non-hydrogen) atoms. The van der Waals surface area contributed by atoms with Gasteiger partial charge in [-0.1, -0.05) is 6.92 Å². The van der Waals surface area contributed by atoms with Crippen molar-refractivity contribution >= 4 is 11.9 Å². The maximum Gasteiger partial charge on any atom is 0.350 e. The standard InChI is InChI=1S/C16H24O4/c1-4-15(2,3)13(17)20-16-8-10-5-11(9-16)7-12(6-10)19-14(16)18/h10-12H,4-9H2,1-3H3. The van der Waals surface area contributed by atoms with Gasteiger partial charge in [0, 0.05) is 12.8 Å². The number of carbonyl (C=O) groups excluding carboxylic acids is 2. The van der Waals surface area contributed by atoms with Crippen molar-refractivity contribution in [3.05, 3.63) is 0 Å². The van der Waals surface area contributed by atoms with Gasteiger partial charge in [0.25, 0.3) is 0 Å². The molecule has 2 atom stereocenters. The Hall–Kier alpha value is -1.06. The van der Waals surface area contributed by atoms with Gasteiger partial charge in [0.1, 0.15) is 6.10 Å². The summed E-state index contributed by atoms with van der Waals surface area (Å²) >= 11 is 0. The molecule has 2 heterocycles. The number of carbonyl (C=O) groups is 2. The predicted octanol–water partition coefficient (Wildman–Crippen LogP) is 2.84. The molecule has 0 spiro atoms. The summed E-state index contributed by atoms with van der Waals surface area (Å²) in [5.41, 5.74) is -1.54. The fourth-order valence-corrected chi connectivity index (χ4v) is 3.96. The molecule has 2 saturated heterocycles. The molecule has 0 amide bonds. The van der Waals surface area contributed by atoms with Crippen LogP contribution in [0.3, 0.4) is 0 Å². The molecule has 4 rings (SSSR count). The fraction of sp³-hybridized carbons (Fsp3) is 0.875. The zero-order valence-corrected chi connectivity index (χ0v) is 12.6. The van der Waals surface area contributed by atoms with Crippen LogP contribution in [-0.2, 0) is 19.1 Å². The van der Waals surface area contributed by atoms with Gasteiger partial charge in [-0.3, -0.25) is 4.79 Å². The molecular formula is C16H24O4. The molecule has 2 saturated carbocycles. The van der Waals surface area contributed by atoms with Gasteiger partial charge in [0.2, 0.25) is 5.60 Å². The Bertz CT molecular complexity index is 426. The minimum atomic E-state index is -0.998. The van der Waals surface area contributed by atoms with Gasteiger partial charge < -0.3 is 9.47 Å². The average Bonchev–Trinajstić information content (AvgIpc) is 2.50. The molecule has 4 heteroatoms. The third-order valence-electron chi connectivity index (χ3n) is 5.47. The summed E-state index contributed by atoms with van der Waals surface area (Å²) in [5, 5.41) is 0. The lowest BCUT2D eigenvalue weighted by Crippen LogP contribution is -2.50. The maximum atomic E-state index is 12.4. The third-order valence-corrected chi connectivity index (χ3v) is 5.47. The van der Waals surface area contributed by atoms with Gasteiger partial charge in [-0.25, -0.2) is 4.79 Å². The molecule has 2 unspecified atom stereocenters. The second-order valence-electron chi connectivity index (χ2n) is 7.50. The van der Waals surface area contributed by atoms with Crippen LogP contribution in [0.25, 0.3) is 0 Å². The van der Waals surface area contributed by atoms with Crippen molar-refractivity contribution in [1.29, 1.82) is 0 Å². The van der Waals surface area contributed by atoms with Crippen molar-refractivity contribution < 1.29 is 19.1 Å². The third kappa shape index (κ3) is 2.13. The molecule has 4 fully saturated rings. The Kier molecular flexibility index (Phi) is 3.11. The smallest absolute Gasteiger partial charge is 0.350 e. The zero-order valence-electron chi connectivity index (χ0n) is 12.6. The largest absolute Gasteiger partial charge is 0.459 e. The highest BCUT2D eigenvalue weighted by atomic mass is 16.6. The number of esters is 2. The average molecular weight is 280 g/mol. The van der Waals surface area contributed by atoms with Crippen LogP contribution < -0.4 is 0 Å². The number of hydrogen-bond donors (Lipinski definition) is 0. The molecule has 0 N–H and O–H groups in total. The lowest BCUT2D eigenvalue weighted by molar-refractivity contribution is -0.191. The minimum Gasteiger partial charge on any atom is -0.459 e. The highest BCUT2D eigenvalue weighted by Crippen LogP contribution is 2.51. The first-order valence-electron chi connectivity index (χ1n) is 7.79. The van der Waals surface area contributed by atoms with E-state index in [1.807, 2.05) is 20.8 Å². The molecular weight excluding hydrogens is 256 g/mol. The van der Waals surface area contributed by atoms with Gasteiger partial charge in [0.05, 0.1) is 5.41 Å². The number of fused-ring (bicyclic) bond motifs is 1. The molecule has 0 aromatic heterocycles. The lowest BCUT2D eigenvalue weighted by Gasteiger charge is -2.42. The van der Waals surface area contributed by atoms with Crippen molar-refractivity contribution in [2.24, 2.45) is 17.3 Å². The summed E-state index contributed by atoms with van der Waals surface area (Å²) in [4.78, 5) is 24.8. The summed E-state index contributed by atoms with van der Waals surface area (Å²) < 4.78 is 11.4. The van der Waals surface area contributed by atoms with E-state index in [4.69, 9.17) is 9.47 Å². The normalized spacial score (nSPS) is 39.4. The Morgan fingerprint density at radius 2 is 1.90 bits per heavy atom. The lowest BCUT2D eigenvalue weighted by atomic mass is 9.66. The van der Waals surface area contributed by atoms with E-state index < -0.39 is 11.0 Å². The highest BCUT2D eigenvalue weighted by Gasteiger charge is 2.57. The number of hydrogen-bond acceptors (Lipinski definition) is 4. The SMILES string of the molecule is CCC(C)(C)C(=O)OC12CC3CC(CC(C3)OC1=O)C2. The van der Waals surface area contributed by atoms with E-state index >= 15 is 0 Å². The highest BCUT2D eigenvalue weighted by molar-refractivity contribution is 5.86. The minimum absolute atomic E-state index is 0.0495. The Morgan fingerprint density at radius 3 is 2.45 bits per heavy atom. The maximum absolute atomic E-state index is 12.4. The first kappa shape index (κ1) is 13.9. The molecule has 0 radical (unpaired) electrons. The molecule has 112 valence electrons. The first-order chi connectivity index (χ1) is 9.34. The van der Waals surface area contributed by atoms with Crippen molar-refractivity contribution in [2.45, 2.75) is 71.0 Å². The summed E-state index contributed by atoms with van der Waals surface area (Å²) in [5.74, 6) is 0.372. The van der Waals surface area contributed by atoms with Crippen LogP contribution >= 0.6 is 0 Å². The summed E-state index contributed by atoms with van der Waals surface area (Å²) in [7, 11) is 0. The number of ether oxygens (including phenoxy) is 2. The van der Waals surface area contributed by atoms with Crippen LogP contribution in [0.15, 0.2) is 0 Å². The van der Waals surface area contributed by atoms with E-state index in [1.54, 1.807) is 0 Å². The van der Waals surface area contributed by atoms with Crippen LogP contribution in [0.4, 0.5) is 0 Å². The van der Waals surface area contributed by atoms with Crippen LogP contribution in [0.2, 0.25) is 0 Å². The summed E-state index contributed by atoms with van der Waals surface area (Å²) in [6, 6.07) is 0. The van der Waals surface area contributed by atoms with E-state index in [0.717, 1.165) is 19.3 Å². The van der Waals surface area contributed by atoms with Gasteiger partial charge >= 0.3 is 11.9 Å². The summed E-state index contributed by atoms with van der Waals surface area (Å²) in [6.07, 6.45) is 5.11. The predicted molar refractivity (Wildman–Crippen MR) is 72.8 cm³/mol. The second-order valence-corrected chi connectivity index (χ2v) is 7.50. The van der Waals surface area contributed by atoms with Crippen LogP contribution in [0, 0.1) is 17.3 Å². The van der Waals surface area contributed by atoms with Crippen LogP contribution in [0.5, 0.6) is 0 Å². The Labute approximate surface area is 120 Å². The fourth-order valence-electron chi connectivity index (χ4n) is 3.96. The van der Waals surface area contributed by atoms with Gasteiger partial charge in [0.15, 0.2) is 0 Å². The monoisotopic (exact) mass is 280 g/mol. The zero-order chi connectivity index (χ0) is 14.5. The quantitative estimate of drug-likeness (QED) is 0.746. The van der Waals surface area contributed by atoms with Gasteiger partial charge in [-0.2, -0.15) is 0 Å². The molecule has 4 nitrogen and oxygen atoms in total. The van der Waals surface area contributed by atoms with E-state index in [9.17, 15) is 9.59 Å². The molecule has 0 aromatic carbocycles. The molecule has 2 aliphatic carbocycles. The number of rotatable bonds is 3. The van der Waals surface area contributed by atoms with Crippen molar-refractivity contribution in [3.63, 3.8) is 0 Å². The first-order valence-corrected chi connectivity index (χ1v) is 7.79. The molecule has 0 aromatic rings. The second kappa shape index (κ2) is 4.47. The topological polar surface area (TPSA) is 52.6 Å². The molecule has 4 aliphatic rings. The Balaban J connectivity index is 1.86. The van der Waals surface area contributed by atoms with Crippen molar-refractivity contribution in [3.8, 4) is 0 Å².